The summed E-state index contributed by atoms with van der Waals surface area (Å²) in [6.45, 7) is 1.98. The lowest BCUT2D eigenvalue weighted by molar-refractivity contribution is 0.389. The molecule has 0 unspecified atom stereocenters. The number of hydrogen-bond acceptors (Lipinski definition) is 3. The molecule has 4 nitrogen and oxygen atoms in total. The number of methoxy groups -OCH3 is 2. The normalized spacial score (nSPS) is 10.8. The minimum atomic E-state index is 0.792. The van der Waals surface area contributed by atoms with Crippen LogP contribution < -0.4 is 9.47 Å². The van der Waals surface area contributed by atoms with Crippen LogP contribution in [0.4, 0.5) is 0 Å². The van der Waals surface area contributed by atoms with E-state index in [1.54, 1.807) is 14.2 Å². The van der Waals surface area contributed by atoms with Crippen molar-refractivity contribution in [1.29, 1.82) is 0 Å². The number of pyridine rings is 1. The summed E-state index contributed by atoms with van der Waals surface area (Å²) in [5.74, 6) is 2.47. The fourth-order valence-corrected chi connectivity index (χ4v) is 2.48. The second kappa shape index (κ2) is 4.89. The SMILES string of the molecule is COc1ccc(-c2ncc3ccccn23)c(OC)c1C. The van der Waals surface area contributed by atoms with E-state index in [1.165, 1.54) is 0 Å². The molecule has 0 aliphatic heterocycles. The average molecular weight is 268 g/mol. The summed E-state index contributed by atoms with van der Waals surface area (Å²) in [6.07, 6.45) is 3.85. The third-order valence-electron chi connectivity index (χ3n) is 3.46. The number of benzene rings is 1. The van der Waals surface area contributed by atoms with Crippen molar-refractivity contribution in [3.05, 3.63) is 48.3 Å². The van der Waals surface area contributed by atoms with Crippen molar-refractivity contribution in [3.8, 4) is 22.9 Å². The summed E-state index contributed by atoms with van der Waals surface area (Å²) in [4.78, 5) is 4.51. The first-order valence-electron chi connectivity index (χ1n) is 6.40. The van der Waals surface area contributed by atoms with Gasteiger partial charge in [-0.05, 0) is 31.2 Å². The molecule has 0 N–H and O–H groups in total. The summed E-state index contributed by atoms with van der Waals surface area (Å²) in [7, 11) is 3.33. The van der Waals surface area contributed by atoms with Crippen molar-refractivity contribution in [2.75, 3.05) is 14.2 Å². The van der Waals surface area contributed by atoms with E-state index >= 15 is 0 Å². The van der Waals surface area contributed by atoms with Gasteiger partial charge in [-0.3, -0.25) is 4.40 Å². The Morgan fingerprint density at radius 2 is 1.90 bits per heavy atom. The number of rotatable bonds is 3. The van der Waals surface area contributed by atoms with Crippen LogP contribution in [0.1, 0.15) is 5.56 Å². The van der Waals surface area contributed by atoms with Gasteiger partial charge < -0.3 is 9.47 Å². The summed E-state index contributed by atoms with van der Waals surface area (Å²) in [5, 5.41) is 0. The lowest BCUT2D eigenvalue weighted by Crippen LogP contribution is -1.97. The van der Waals surface area contributed by atoms with Gasteiger partial charge >= 0.3 is 0 Å². The Labute approximate surface area is 117 Å². The van der Waals surface area contributed by atoms with E-state index in [0.29, 0.717) is 0 Å². The quantitative estimate of drug-likeness (QED) is 0.731. The molecule has 0 atom stereocenters. The predicted octanol–water partition coefficient (Wildman–Crippen LogP) is 3.33. The molecular formula is C16H16N2O2. The minimum Gasteiger partial charge on any atom is -0.496 e. The molecule has 0 aliphatic carbocycles. The molecule has 0 saturated heterocycles. The van der Waals surface area contributed by atoms with Crippen LogP contribution in [0, 0.1) is 6.92 Å². The second-order valence-electron chi connectivity index (χ2n) is 4.55. The standard InChI is InChI=1S/C16H16N2O2/c1-11-14(19-2)8-7-13(15(11)20-3)16-17-10-12-6-4-5-9-18(12)16/h4-10H,1-3H3. The number of hydrogen-bond donors (Lipinski definition) is 0. The molecule has 0 fully saturated rings. The molecule has 2 heterocycles. The second-order valence-corrected chi connectivity index (χ2v) is 4.55. The van der Waals surface area contributed by atoms with E-state index in [1.807, 2.05) is 54.0 Å². The Morgan fingerprint density at radius 3 is 2.65 bits per heavy atom. The highest BCUT2D eigenvalue weighted by Gasteiger charge is 2.16. The lowest BCUT2D eigenvalue weighted by atomic mass is 10.1. The Balaban J connectivity index is 2.26. The third-order valence-corrected chi connectivity index (χ3v) is 3.46. The molecule has 3 rings (SSSR count). The highest BCUT2D eigenvalue weighted by Crippen LogP contribution is 2.37. The maximum absolute atomic E-state index is 5.56. The monoisotopic (exact) mass is 268 g/mol. The molecular weight excluding hydrogens is 252 g/mol. The van der Waals surface area contributed by atoms with Gasteiger partial charge in [0.15, 0.2) is 0 Å². The smallest absolute Gasteiger partial charge is 0.148 e. The number of imidazole rings is 1. The van der Waals surface area contributed by atoms with E-state index < -0.39 is 0 Å². The van der Waals surface area contributed by atoms with Crippen LogP contribution in [0.25, 0.3) is 16.9 Å². The van der Waals surface area contributed by atoms with Gasteiger partial charge in [0.25, 0.3) is 0 Å². The van der Waals surface area contributed by atoms with E-state index in [0.717, 1.165) is 34.0 Å². The first-order valence-corrected chi connectivity index (χ1v) is 6.40. The van der Waals surface area contributed by atoms with Gasteiger partial charge in [0, 0.05) is 11.8 Å². The molecule has 0 aliphatic rings. The maximum atomic E-state index is 5.56. The van der Waals surface area contributed by atoms with Crippen molar-refractivity contribution in [2.24, 2.45) is 0 Å². The Morgan fingerprint density at radius 1 is 1.05 bits per heavy atom. The predicted molar refractivity (Wildman–Crippen MR) is 78.5 cm³/mol. The zero-order chi connectivity index (χ0) is 14.1. The molecule has 2 aromatic heterocycles. The molecule has 1 aromatic carbocycles. The summed E-state index contributed by atoms with van der Waals surface area (Å²) in [5.41, 5.74) is 2.98. The van der Waals surface area contributed by atoms with Gasteiger partial charge in [0.1, 0.15) is 17.3 Å². The van der Waals surface area contributed by atoms with Gasteiger partial charge in [0.2, 0.25) is 0 Å². The Hall–Kier alpha value is -2.49. The van der Waals surface area contributed by atoms with Crippen molar-refractivity contribution >= 4 is 5.52 Å². The number of aromatic nitrogens is 2. The van der Waals surface area contributed by atoms with Crippen LogP contribution in [-0.4, -0.2) is 23.6 Å². The maximum Gasteiger partial charge on any atom is 0.148 e. The van der Waals surface area contributed by atoms with Crippen LogP contribution in [0.2, 0.25) is 0 Å². The number of ether oxygens (including phenoxy) is 2. The molecule has 3 aromatic rings. The Kier molecular flexibility index (Phi) is 3.06. The van der Waals surface area contributed by atoms with Gasteiger partial charge in [-0.2, -0.15) is 0 Å². The molecule has 4 heteroatoms. The fourth-order valence-electron chi connectivity index (χ4n) is 2.48. The fraction of sp³-hybridized carbons (Fsp3) is 0.188. The van der Waals surface area contributed by atoms with Crippen molar-refractivity contribution in [1.82, 2.24) is 9.38 Å². The van der Waals surface area contributed by atoms with Gasteiger partial charge in [-0.25, -0.2) is 4.98 Å². The van der Waals surface area contributed by atoms with Crippen molar-refractivity contribution < 1.29 is 9.47 Å². The summed E-state index contributed by atoms with van der Waals surface area (Å²) < 4.78 is 12.9. The van der Waals surface area contributed by atoms with Crippen molar-refractivity contribution in [3.63, 3.8) is 0 Å². The van der Waals surface area contributed by atoms with Crippen LogP contribution in [0.3, 0.4) is 0 Å². The summed E-state index contributed by atoms with van der Waals surface area (Å²) >= 11 is 0. The molecule has 0 spiro atoms. The van der Waals surface area contributed by atoms with Crippen LogP contribution >= 0.6 is 0 Å². The Bertz CT molecular complexity index is 762. The highest BCUT2D eigenvalue weighted by molar-refractivity contribution is 5.72. The topological polar surface area (TPSA) is 35.8 Å². The van der Waals surface area contributed by atoms with Crippen molar-refractivity contribution in [2.45, 2.75) is 6.92 Å². The van der Waals surface area contributed by atoms with E-state index in [2.05, 4.69) is 4.98 Å². The number of fused-ring (bicyclic) bond motifs is 1. The first kappa shape index (κ1) is 12.5. The zero-order valence-electron chi connectivity index (χ0n) is 11.8. The zero-order valence-corrected chi connectivity index (χ0v) is 11.8. The van der Waals surface area contributed by atoms with E-state index in [4.69, 9.17) is 9.47 Å². The van der Waals surface area contributed by atoms with Gasteiger partial charge in [-0.15, -0.1) is 0 Å². The molecule has 0 amide bonds. The molecule has 102 valence electrons. The van der Waals surface area contributed by atoms with Crippen LogP contribution in [0.5, 0.6) is 11.5 Å². The number of nitrogens with zero attached hydrogens (tertiary/aromatic N) is 2. The minimum absolute atomic E-state index is 0.792. The average Bonchev–Trinajstić information content (AvgIpc) is 2.90. The summed E-state index contributed by atoms with van der Waals surface area (Å²) in [6, 6.07) is 9.93. The molecule has 0 bridgehead atoms. The highest BCUT2D eigenvalue weighted by atomic mass is 16.5. The van der Waals surface area contributed by atoms with Crippen LogP contribution in [0.15, 0.2) is 42.7 Å². The largest absolute Gasteiger partial charge is 0.496 e. The molecule has 20 heavy (non-hydrogen) atoms. The van der Waals surface area contributed by atoms with Gasteiger partial charge in [-0.1, -0.05) is 6.07 Å². The first-order chi connectivity index (χ1) is 9.76. The molecule has 0 saturated carbocycles. The lowest BCUT2D eigenvalue weighted by Gasteiger charge is -2.13. The van der Waals surface area contributed by atoms with E-state index in [-0.39, 0.29) is 0 Å². The van der Waals surface area contributed by atoms with E-state index in [9.17, 15) is 0 Å². The third kappa shape index (κ3) is 1.81. The molecule has 0 radical (unpaired) electrons. The van der Waals surface area contributed by atoms with Gasteiger partial charge in [0.05, 0.1) is 31.5 Å². The van der Waals surface area contributed by atoms with Crippen LogP contribution in [-0.2, 0) is 0 Å².